The largest absolute Gasteiger partial charge is 0.345 e. The summed E-state index contributed by atoms with van der Waals surface area (Å²) < 4.78 is 0. The molecular weight excluding hydrogens is 338 g/mol. The molecule has 1 N–H and O–H groups in total. The zero-order valence-corrected chi connectivity index (χ0v) is 16.0. The van der Waals surface area contributed by atoms with Crippen LogP contribution in [0, 0.1) is 0 Å². The van der Waals surface area contributed by atoms with Crippen molar-refractivity contribution >= 4 is 17.5 Å². The molecule has 1 saturated heterocycles. The maximum Gasteiger partial charge on any atom is 0.253 e. The predicted octanol–water partition coefficient (Wildman–Crippen LogP) is 3.21. The number of carbonyl (C=O) groups excluding carboxylic acids is 2. The van der Waals surface area contributed by atoms with Gasteiger partial charge in [0.1, 0.15) is 0 Å². The minimum absolute atomic E-state index is 0.0140. The van der Waals surface area contributed by atoms with Crippen LogP contribution in [-0.2, 0) is 4.79 Å². The molecular formula is C22H27N3O2. The number of nitrogens with zero attached hydrogens (tertiary/aromatic N) is 2. The van der Waals surface area contributed by atoms with Crippen LogP contribution in [-0.4, -0.2) is 55.3 Å². The van der Waals surface area contributed by atoms with Crippen LogP contribution in [0.5, 0.6) is 0 Å². The SMILES string of the molecule is CN(C)C(=O)c1ccc(NC(=O)CN2CCC(c3ccccc3)CC2)cc1. The van der Waals surface area contributed by atoms with Crippen molar-refractivity contribution in [2.45, 2.75) is 18.8 Å². The van der Waals surface area contributed by atoms with Crippen LogP contribution < -0.4 is 5.32 Å². The molecule has 1 heterocycles. The number of hydrogen-bond donors (Lipinski definition) is 1. The Labute approximate surface area is 161 Å². The van der Waals surface area contributed by atoms with Crippen molar-refractivity contribution in [1.29, 1.82) is 0 Å². The Morgan fingerprint density at radius 1 is 1.00 bits per heavy atom. The first-order valence-corrected chi connectivity index (χ1v) is 9.42. The molecule has 2 aromatic rings. The highest BCUT2D eigenvalue weighted by molar-refractivity contribution is 5.96. The lowest BCUT2D eigenvalue weighted by Gasteiger charge is -2.31. The van der Waals surface area contributed by atoms with Gasteiger partial charge in [-0.25, -0.2) is 0 Å². The molecule has 5 heteroatoms. The van der Waals surface area contributed by atoms with E-state index in [0.29, 0.717) is 18.0 Å². The maximum absolute atomic E-state index is 12.3. The van der Waals surface area contributed by atoms with Crippen molar-refractivity contribution in [3.63, 3.8) is 0 Å². The Hall–Kier alpha value is -2.66. The molecule has 0 radical (unpaired) electrons. The summed E-state index contributed by atoms with van der Waals surface area (Å²) in [5, 5.41) is 2.92. The van der Waals surface area contributed by atoms with E-state index in [0.717, 1.165) is 31.6 Å². The average molecular weight is 365 g/mol. The zero-order valence-electron chi connectivity index (χ0n) is 16.0. The first kappa shape index (κ1) is 19.1. The van der Waals surface area contributed by atoms with Gasteiger partial charge in [-0.1, -0.05) is 30.3 Å². The molecule has 0 saturated carbocycles. The molecule has 27 heavy (non-hydrogen) atoms. The number of nitrogens with one attached hydrogen (secondary N) is 1. The molecule has 0 bridgehead atoms. The second kappa shape index (κ2) is 8.82. The minimum atomic E-state index is -0.0471. The van der Waals surface area contributed by atoms with E-state index in [2.05, 4.69) is 34.5 Å². The van der Waals surface area contributed by atoms with Gasteiger partial charge in [0.05, 0.1) is 6.54 Å². The standard InChI is InChI=1S/C22H27N3O2/c1-24(2)22(27)19-8-10-20(11-9-19)23-21(26)16-25-14-12-18(13-15-25)17-6-4-3-5-7-17/h3-11,18H,12-16H2,1-2H3,(H,23,26). The summed E-state index contributed by atoms with van der Waals surface area (Å²) >= 11 is 0. The molecule has 0 aliphatic carbocycles. The van der Waals surface area contributed by atoms with E-state index < -0.39 is 0 Å². The first-order valence-electron chi connectivity index (χ1n) is 9.42. The van der Waals surface area contributed by atoms with Crippen molar-refractivity contribution in [2.75, 3.05) is 39.0 Å². The van der Waals surface area contributed by atoms with E-state index in [1.54, 1.807) is 38.4 Å². The fraction of sp³-hybridized carbons (Fsp3) is 0.364. The number of hydrogen-bond acceptors (Lipinski definition) is 3. The molecule has 142 valence electrons. The maximum atomic E-state index is 12.3. The number of piperidine rings is 1. The van der Waals surface area contributed by atoms with Crippen molar-refractivity contribution < 1.29 is 9.59 Å². The monoisotopic (exact) mass is 365 g/mol. The lowest BCUT2D eigenvalue weighted by Crippen LogP contribution is -2.38. The molecule has 0 atom stereocenters. The van der Waals surface area contributed by atoms with Gasteiger partial charge >= 0.3 is 0 Å². The summed E-state index contributed by atoms with van der Waals surface area (Å²) in [5.41, 5.74) is 2.73. The lowest BCUT2D eigenvalue weighted by atomic mass is 9.89. The third-order valence-corrected chi connectivity index (χ3v) is 5.05. The summed E-state index contributed by atoms with van der Waals surface area (Å²) in [4.78, 5) is 28.0. The predicted molar refractivity (Wildman–Crippen MR) is 108 cm³/mol. The summed E-state index contributed by atoms with van der Waals surface area (Å²) in [6, 6.07) is 17.6. The highest BCUT2D eigenvalue weighted by Gasteiger charge is 2.21. The van der Waals surface area contributed by atoms with Crippen LogP contribution in [0.15, 0.2) is 54.6 Å². The second-order valence-corrected chi connectivity index (χ2v) is 7.29. The summed E-state index contributed by atoms with van der Waals surface area (Å²) in [6.45, 7) is 2.27. The highest BCUT2D eigenvalue weighted by Crippen LogP contribution is 2.27. The Morgan fingerprint density at radius 3 is 2.22 bits per heavy atom. The molecule has 0 unspecified atom stereocenters. The highest BCUT2D eigenvalue weighted by atomic mass is 16.2. The third-order valence-electron chi connectivity index (χ3n) is 5.05. The zero-order chi connectivity index (χ0) is 19.2. The fourth-order valence-electron chi connectivity index (χ4n) is 3.51. The molecule has 2 amide bonds. The number of benzene rings is 2. The van der Waals surface area contributed by atoms with Crippen LogP contribution >= 0.6 is 0 Å². The van der Waals surface area contributed by atoms with Gasteiger partial charge < -0.3 is 10.2 Å². The molecule has 1 fully saturated rings. The molecule has 2 aromatic carbocycles. The molecule has 5 nitrogen and oxygen atoms in total. The molecule has 0 aromatic heterocycles. The Bertz CT molecular complexity index is 764. The number of anilines is 1. The van der Waals surface area contributed by atoms with Crippen LogP contribution in [0.4, 0.5) is 5.69 Å². The van der Waals surface area contributed by atoms with Crippen LogP contribution in [0.25, 0.3) is 0 Å². The van der Waals surface area contributed by atoms with Crippen LogP contribution in [0.1, 0.15) is 34.7 Å². The van der Waals surface area contributed by atoms with Gasteiger partial charge in [-0.2, -0.15) is 0 Å². The van der Waals surface area contributed by atoms with E-state index in [1.165, 1.54) is 10.5 Å². The van der Waals surface area contributed by atoms with Crippen LogP contribution in [0.3, 0.4) is 0 Å². The summed E-state index contributed by atoms with van der Waals surface area (Å²) in [7, 11) is 3.44. The Balaban J connectivity index is 1.47. The Kier molecular flexibility index (Phi) is 6.24. The van der Waals surface area contributed by atoms with Crippen molar-refractivity contribution in [3.05, 3.63) is 65.7 Å². The molecule has 0 spiro atoms. The Morgan fingerprint density at radius 2 is 1.63 bits per heavy atom. The first-order chi connectivity index (χ1) is 13.0. The van der Waals surface area contributed by atoms with Gasteiger partial charge in [-0.15, -0.1) is 0 Å². The average Bonchev–Trinajstić information content (AvgIpc) is 2.69. The van der Waals surface area contributed by atoms with Gasteiger partial charge in [-0.05, 0) is 61.7 Å². The lowest BCUT2D eigenvalue weighted by molar-refractivity contribution is -0.117. The molecule has 1 aliphatic heterocycles. The van der Waals surface area contributed by atoms with Crippen molar-refractivity contribution in [3.8, 4) is 0 Å². The number of amides is 2. The second-order valence-electron chi connectivity index (χ2n) is 7.29. The molecule has 1 aliphatic rings. The van der Waals surface area contributed by atoms with E-state index in [1.807, 2.05) is 6.07 Å². The minimum Gasteiger partial charge on any atom is -0.345 e. The smallest absolute Gasteiger partial charge is 0.253 e. The van der Waals surface area contributed by atoms with Crippen molar-refractivity contribution in [1.82, 2.24) is 9.80 Å². The normalized spacial score (nSPS) is 15.3. The van der Waals surface area contributed by atoms with E-state index in [9.17, 15) is 9.59 Å². The number of rotatable bonds is 5. The molecule has 3 rings (SSSR count). The number of likely N-dealkylation sites (tertiary alicyclic amines) is 1. The van der Waals surface area contributed by atoms with Gasteiger partial charge in [0.2, 0.25) is 5.91 Å². The van der Waals surface area contributed by atoms with Gasteiger partial charge in [0.15, 0.2) is 0 Å². The van der Waals surface area contributed by atoms with E-state index in [-0.39, 0.29) is 11.8 Å². The van der Waals surface area contributed by atoms with Gasteiger partial charge in [0, 0.05) is 25.3 Å². The number of carbonyl (C=O) groups is 2. The van der Waals surface area contributed by atoms with Gasteiger partial charge in [0.25, 0.3) is 5.91 Å². The van der Waals surface area contributed by atoms with E-state index >= 15 is 0 Å². The summed E-state index contributed by atoms with van der Waals surface area (Å²) in [5.74, 6) is 0.529. The third kappa shape index (κ3) is 5.17. The summed E-state index contributed by atoms with van der Waals surface area (Å²) in [6.07, 6.45) is 2.16. The van der Waals surface area contributed by atoms with E-state index in [4.69, 9.17) is 0 Å². The van der Waals surface area contributed by atoms with Gasteiger partial charge in [-0.3, -0.25) is 14.5 Å². The van der Waals surface area contributed by atoms with Crippen LogP contribution in [0.2, 0.25) is 0 Å². The fourth-order valence-corrected chi connectivity index (χ4v) is 3.51. The quantitative estimate of drug-likeness (QED) is 0.885. The topological polar surface area (TPSA) is 52.7 Å². The van der Waals surface area contributed by atoms with Crippen molar-refractivity contribution in [2.24, 2.45) is 0 Å².